The number of nitrogens with one attached hydrogen (secondary N) is 1. The van der Waals surface area contributed by atoms with Gasteiger partial charge in [-0.15, -0.1) is 0 Å². The van der Waals surface area contributed by atoms with Crippen LogP contribution in [0.1, 0.15) is 53.9 Å². The Bertz CT molecular complexity index is 295. The molecular weight excluding hydrogens is 222 g/mol. The molecule has 0 aromatic heterocycles. The maximum Gasteiger partial charge on any atom is 0.0618 e. The van der Waals surface area contributed by atoms with E-state index in [0.717, 1.165) is 12.5 Å². The van der Waals surface area contributed by atoms with Gasteiger partial charge in [0, 0.05) is 19.2 Å². The molecule has 0 aliphatic heterocycles. The van der Waals surface area contributed by atoms with Gasteiger partial charge in [0.25, 0.3) is 0 Å². The van der Waals surface area contributed by atoms with Gasteiger partial charge in [0.1, 0.15) is 0 Å². The van der Waals surface area contributed by atoms with E-state index in [1.54, 1.807) is 0 Å². The van der Waals surface area contributed by atoms with Gasteiger partial charge in [0.05, 0.1) is 6.61 Å². The standard InChI is InChI=1S/C16H31NO/c1-11(2)13(10-18-6)17-14-15(3,4)12-7-8-16(14,5)9-12/h11-14,17H,7-10H2,1-6H3/t12-,13?,14?,16+/m0/s1. The van der Waals surface area contributed by atoms with E-state index >= 15 is 0 Å². The molecule has 2 aliphatic rings. The minimum absolute atomic E-state index is 0.438. The van der Waals surface area contributed by atoms with Crippen LogP contribution in [-0.2, 0) is 4.74 Å². The molecule has 2 aliphatic carbocycles. The third kappa shape index (κ3) is 2.22. The van der Waals surface area contributed by atoms with Crippen molar-refractivity contribution in [3.8, 4) is 0 Å². The summed E-state index contributed by atoms with van der Waals surface area (Å²) in [6.07, 6.45) is 4.24. The molecule has 2 nitrogen and oxygen atoms in total. The number of hydrogen-bond donors (Lipinski definition) is 1. The highest BCUT2D eigenvalue weighted by molar-refractivity contribution is 5.12. The number of ether oxygens (including phenoxy) is 1. The molecule has 2 bridgehead atoms. The zero-order valence-corrected chi connectivity index (χ0v) is 13.0. The van der Waals surface area contributed by atoms with Crippen molar-refractivity contribution in [2.45, 2.75) is 66.0 Å². The second kappa shape index (κ2) is 4.79. The molecule has 2 heteroatoms. The lowest BCUT2D eigenvalue weighted by molar-refractivity contribution is 0.0668. The van der Waals surface area contributed by atoms with Crippen molar-refractivity contribution >= 4 is 0 Å². The van der Waals surface area contributed by atoms with Gasteiger partial charge < -0.3 is 10.1 Å². The molecule has 0 spiro atoms. The number of methoxy groups -OCH3 is 1. The predicted octanol–water partition coefficient (Wildman–Crippen LogP) is 3.46. The Morgan fingerprint density at radius 2 is 1.94 bits per heavy atom. The van der Waals surface area contributed by atoms with Gasteiger partial charge in [-0.2, -0.15) is 0 Å². The first-order valence-electron chi connectivity index (χ1n) is 7.56. The normalized spacial score (nSPS) is 39.5. The van der Waals surface area contributed by atoms with Crippen LogP contribution in [0.25, 0.3) is 0 Å². The predicted molar refractivity (Wildman–Crippen MR) is 76.7 cm³/mol. The fourth-order valence-corrected chi connectivity index (χ4v) is 4.54. The maximum atomic E-state index is 5.39. The highest BCUT2D eigenvalue weighted by Crippen LogP contribution is 2.62. The van der Waals surface area contributed by atoms with E-state index in [9.17, 15) is 0 Å². The van der Waals surface area contributed by atoms with Gasteiger partial charge in [-0.1, -0.05) is 34.6 Å². The summed E-state index contributed by atoms with van der Waals surface area (Å²) in [6.45, 7) is 12.8. The second-order valence-corrected chi connectivity index (χ2v) is 7.82. The SMILES string of the molecule is COCC(NC1C(C)(C)[C@H]2CC[C@]1(C)C2)C(C)C. The quantitative estimate of drug-likeness (QED) is 0.810. The summed E-state index contributed by atoms with van der Waals surface area (Å²) in [7, 11) is 1.81. The Labute approximate surface area is 113 Å². The van der Waals surface area contributed by atoms with Gasteiger partial charge in [0.2, 0.25) is 0 Å². The number of fused-ring (bicyclic) bond motifs is 2. The monoisotopic (exact) mass is 253 g/mol. The van der Waals surface area contributed by atoms with Crippen LogP contribution in [0.5, 0.6) is 0 Å². The van der Waals surface area contributed by atoms with Gasteiger partial charge in [0.15, 0.2) is 0 Å². The largest absolute Gasteiger partial charge is 0.383 e. The van der Waals surface area contributed by atoms with E-state index in [-0.39, 0.29) is 0 Å². The van der Waals surface area contributed by atoms with E-state index in [1.807, 2.05) is 7.11 Å². The molecule has 2 saturated carbocycles. The molecule has 4 atom stereocenters. The molecule has 0 radical (unpaired) electrons. The summed E-state index contributed by atoms with van der Waals surface area (Å²) >= 11 is 0. The molecular formula is C16H31NO. The summed E-state index contributed by atoms with van der Waals surface area (Å²) in [4.78, 5) is 0. The molecule has 106 valence electrons. The highest BCUT2D eigenvalue weighted by Gasteiger charge is 2.59. The van der Waals surface area contributed by atoms with E-state index in [4.69, 9.17) is 4.74 Å². The van der Waals surface area contributed by atoms with Crippen LogP contribution in [-0.4, -0.2) is 25.8 Å². The van der Waals surface area contributed by atoms with E-state index in [2.05, 4.69) is 39.9 Å². The van der Waals surface area contributed by atoms with Crippen molar-refractivity contribution in [3.63, 3.8) is 0 Å². The first kappa shape index (κ1) is 14.3. The van der Waals surface area contributed by atoms with Crippen LogP contribution >= 0.6 is 0 Å². The summed E-state index contributed by atoms with van der Waals surface area (Å²) in [6, 6.07) is 1.13. The van der Waals surface area contributed by atoms with Crippen molar-refractivity contribution in [1.82, 2.24) is 5.32 Å². The van der Waals surface area contributed by atoms with Crippen LogP contribution in [0.3, 0.4) is 0 Å². The van der Waals surface area contributed by atoms with Crippen molar-refractivity contribution in [2.75, 3.05) is 13.7 Å². The third-order valence-electron chi connectivity index (χ3n) is 5.80. The van der Waals surface area contributed by atoms with E-state index in [0.29, 0.717) is 28.8 Å². The summed E-state index contributed by atoms with van der Waals surface area (Å²) < 4.78 is 5.39. The van der Waals surface area contributed by atoms with Crippen molar-refractivity contribution in [3.05, 3.63) is 0 Å². The Balaban J connectivity index is 2.12. The highest BCUT2D eigenvalue weighted by atomic mass is 16.5. The van der Waals surface area contributed by atoms with Crippen molar-refractivity contribution < 1.29 is 4.74 Å². The summed E-state index contributed by atoms with van der Waals surface area (Å²) in [5.41, 5.74) is 0.947. The Morgan fingerprint density at radius 1 is 1.28 bits per heavy atom. The zero-order valence-electron chi connectivity index (χ0n) is 13.0. The van der Waals surface area contributed by atoms with Crippen LogP contribution in [0.15, 0.2) is 0 Å². The molecule has 0 saturated heterocycles. The molecule has 2 unspecified atom stereocenters. The lowest BCUT2D eigenvalue weighted by atomic mass is 9.68. The Morgan fingerprint density at radius 3 is 2.39 bits per heavy atom. The first-order valence-corrected chi connectivity index (χ1v) is 7.56. The molecule has 2 rings (SSSR count). The van der Waals surface area contributed by atoms with Crippen molar-refractivity contribution in [2.24, 2.45) is 22.7 Å². The topological polar surface area (TPSA) is 21.3 Å². The first-order chi connectivity index (χ1) is 8.31. The van der Waals surface area contributed by atoms with E-state index < -0.39 is 0 Å². The lowest BCUT2D eigenvalue weighted by Crippen LogP contribution is -2.56. The maximum absolute atomic E-state index is 5.39. The number of hydrogen-bond acceptors (Lipinski definition) is 2. The van der Waals surface area contributed by atoms with Crippen LogP contribution < -0.4 is 5.32 Å². The summed E-state index contributed by atoms with van der Waals surface area (Å²) in [5.74, 6) is 1.54. The molecule has 0 amide bonds. The van der Waals surface area contributed by atoms with Crippen molar-refractivity contribution in [1.29, 1.82) is 0 Å². The second-order valence-electron chi connectivity index (χ2n) is 7.82. The minimum atomic E-state index is 0.438. The molecule has 18 heavy (non-hydrogen) atoms. The Hall–Kier alpha value is -0.0800. The van der Waals surface area contributed by atoms with Crippen LogP contribution in [0.2, 0.25) is 0 Å². The fraction of sp³-hybridized carbons (Fsp3) is 1.00. The molecule has 1 N–H and O–H groups in total. The molecule has 0 aromatic rings. The fourth-order valence-electron chi connectivity index (χ4n) is 4.54. The smallest absolute Gasteiger partial charge is 0.0618 e. The zero-order chi connectivity index (χ0) is 13.6. The van der Waals surface area contributed by atoms with Crippen LogP contribution in [0, 0.1) is 22.7 Å². The molecule has 0 heterocycles. The van der Waals surface area contributed by atoms with Gasteiger partial charge in [-0.05, 0) is 41.9 Å². The van der Waals surface area contributed by atoms with Gasteiger partial charge in [-0.3, -0.25) is 0 Å². The Kier molecular flexibility index (Phi) is 3.81. The third-order valence-corrected chi connectivity index (χ3v) is 5.80. The lowest BCUT2D eigenvalue weighted by Gasteiger charge is -2.45. The van der Waals surface area contributed by atoms with Crippen LogP contribution in [0.4, 0.5) is 0 Å². The average Bonchev–Trinajstić information content (AvgIpc) is 2.73. The summed E-state index contributed by atoms with van der Waals surface area (Å²) in [5, 5.41) is 3.95. The van der Waals surface area contributed by atoms with Gasteiger partial charge in [-0.25, -0.2) is 0 Å². The molecule has 2 fully saturated rings. The minimum Gasteiger partial charge on any atom is -0.383 e. The van der Waals surface area contributed by atoms with Gasteiger partial charge >= 0.3 is 0 Å². The number of rotatable bonds is 5. The van der Waals surface area contributed by atoms with E-state index in [1.165, 1.54) is 19.3 Å². The average molecular weight is 253 g/mol. The molecule has 0 aromatic carbocycles.